The Kier molecular flexibility index (Phi) is 5.31. The van der Waals surface area contributed by atoms with Crippen molar-refractivity contribution in [3.05, 3.63) is 27.8 Å². The molecule has 1 rings (SSSR count). The van der Waals surface area contributed by atoms with E-state index in [1.54, 1.807) is 0 Å². The fourth-order valence-electron chi connectivity index (χ4n) is 2.02. The van der Waals surface area contributed by atoms with Crippen LogP contribution in [-0.4, -0.2) is 30.2 Å². The number of rotatable bonds is 7. The number of benzene rings is 1. The molecule has 0 fully saturated rings. The molecule has 0 saturated carbocycles. The fraction of sp³-hybridized carbons (Fsp3) is 0.462. The van der Waals surface area contributed by atoms with Gasteiger partial charge in [-0.2, -0.15) is 0 Å². The second kappa shape index (κ2) is 6.74. The molecule has 1 aromatic rings. The summed E-state index contributed by atoms with van der Waals surface area (Å²) in [5.41, 5.74) is -0.148. The molecule has 0 aliphatic heterocycles. The van der Waals surface area contributed by atoms with E-state index < -0.39 is 16.8 Å². The molecule has 1 atom stereocenters. The normalized spacial score (nSPS) is 11.8. The van der Waals surface area contributed by atoms with Crippen LogP contribution in [-0.2, 0) is 4.79 Å². The number of aliphatic carboxylic acids is 1. The predicted molar refractivity (Wildman–Crippen MR) is 71.5 cm³/mol. The summed E-state index contributed by atoms with van der Waals surface area (Å²) >= 11 is 0. The fourth-order valence-corrected chi connectivity index (χ4v) is 2.02. The van der Waals surface area contributed by atoms with Crippen molar-refractivity contribution in [1.29, 1.82) is 0 Å². The van der Waals surface area contributed by atoms with Crippen LogP contribution in [0.15, 0.2) is 12.1 Å². The minimum Gasteiger partial charge on any atom is -0.493 e. The highest BCUT2D eigenvalue weighted by Crippen LogP contribution is 2.39. The summed E-state index contributed by atoms with van der Waals surface area (Å²) < 4.78 is 10.1. The van der Waals surface area contributed by atoms with E-state index in [-0.39, 0.29) is 22.7 Å². The second-order valence-corrected chi connectivity index (χ2v) is 4.20. The van der Waals surface area contributed by atoms with E-state index in [0.717, 1.165) is 0 Å². The zero-order chi connectivity index (χ0) is 15.3. The monoisotopic (exact) mass is 283 g/mol. The molecule has 1 unspecified atom stereocenters. The summed E-state index contributed by atoms with van der Waals surface area (Å²) in [5.74, 6) is -1.57. The zero-order valence-corrected chi connectivity index (χ0v) is 11.6. The van der Waals surface area contributed by atoms with Crippen LogP contribution in [0.2, 0.25) is 0 Å². The number of nitro groups is 1. The minimum atomic E-state index is -1.10. The SMILES string of the molecule is CCCC(C(=O)O)c1cc(OC)c(OC)cc1[N+](=O)[O-]. The third kappa shape index (κ3) is 3.17. The molecular formula is C13H17NO6. The van der Waals surface area contributed by atoms with Gasteiger partial charge in [0.25, 0.3) is 5.69 Å². The maximum absolute atomic E-state index is 11.3. The molecule has 0 aliphatic carbocycles. The molecule has 0 saturated heterocycles. The average Bonchev–Trinajstić information content (AvgIpc) is 2.42. The lowest BCUT2D eigenvalue weighted by molar-refractivity contribution is -0.385. The summed E-state index contributed by atoms with van der Waals surface area (Å²) in [7, 11) is 2.75. The van der Waals surface area contributed by atoms with E-state index in [1.165, 1.54) is 26.4 Å². The number of hydrogen-bond donors (Lipinski definition) is 1. The number of nitro benzene ring substituents is 1. The van der Waals surface area contributed by atoms with Gasteiger partial charge in [-0.1, -0.05) is 13.3 Å². The van der Waals surface area contributed by atoms with Gasteiger partial charge in [-0.3, -0.25) is 14.9 Å². The minimum absolute atomic E-state index is 0.127. The number of nitrogens with zero attached hydrogens (tertiary/aromatic N) is 1. The van der Waals surface area contributed by atoms with Gasteiger partial charge in [0.05, 0.1) is 31.1 Å². The van der Waals surface area contributed by atoms with Gasteiger partial charge in [0.1, 0.15) is 0 Å². The topological polar surface area (TPSA) is 98.9 Å². The Bertz CT molecular complexity index is 514. The Morgan fingerprint density at radius 1 is 1.35 bits per heavy atom. The first kappa shape index (κ1) is 15.7. The van der Waals surface area contributed by atoms with Crippen molar-refractivity contribution >= 4 is 11.7 Å². The number of carbonyl (C=O) groups is 1. The summed E-state index contributed by atoms with van der Waals surface area (Å²) in [4.78, 5) is 21.9. The van der Waals surface area contributed by atoms with E-state index in [4.69, 9.17) is 9.47 Å². The van der Waals surface area contributed by atoms with Gasteiger partial charge < -0.3 is 14.6 Å². The van der Waals surface area contributed by atoms with Crippen LogP contribution in [0.4, 0.5) is 5.69 Å². The van der Waals surface area contributed by atoms with Crippen LogP contribution < -0.4 is 9.47 Å². The van der Waals surface area contributed by atoms with Gasteiger partial charge in [-0.15, -0.1) is 0 Å². The lowest BCUT2D eigenvalue weighted by atomic mass is 9.92. The van der Waals surface area contributed by atoms with E-state index in [9.17, 15) is 20.0 Å². The molecule has 7 nitrogen and oxygen atoms in total. The molecule has 0 aromatic heterocycles. The molecule has 0 radical (unpaired) electrons. The quantitative estimate of drug-likeness (QED) is 0.610. The lowest BCUT2D eigenvalue weighted by Gasteiger charge is -2.15. The van der Waals surface area contributed by atoms with Gasteiger partial charge in [0, 0.05) is 5.56 Å². The number of ether oxygens (including phenoxy) is 2. The van der Waals surface area contributed by atoms with Crippen LogP contribution >= 0.6 is 0 Å². The van der Waals surface area contributed by atoms with Crippen molar-refractivity contribution in [2.24, 2.45) is 0 Å². The van der Waals surface area contributed by atoms with Crippen LogP contribution in [0.3, 0.4) is 0 Å². The largest absolute Gasteiger partial charge is 0.493 e. The number of hydrogen-bond acceptors (Lipinski definition) is 5. The molecule has 0 heterocycles. The van der Waals surface area contributed by atoms with Crippen molar-refractivity contribution < 1.29 is 24.3 Å². The standard InChI is InChI=1S/C13H17NO6/c1-4-5-8(13(15)16)9-6-11(19-2)12(20-3)7-10(9)14(17)18/h6-8H,4-5H2,1-3H3,(H,15,16). The van der Waals surface area contributed by atoms with Crippen LogP contribution in [0.1, 0.15) is 31.2 Å². The third-order valence-corrected chi connectivity index (χ3v) is 2.98. The molecule has 0 spiro atoms. The lowest BCUT2D eigenvalue weighted by Crippen LogP contribution is -2.13. The van der Waals surface area contributed by atoms with Crippen molar-refractivity contribution in [1.82, 2.24) is 0 Å². The smallest absolute Gasteiger partial charge is 0.311 e. The Morgan fingerprint density at radius 3 is 2.30 bits per heavy atom. The molecule has 0 bridgehead atoms. The van der Waals surface area contributed by atoms with E-state index >= 15 is 0 Å². The highest BCUT2D eigenvalue weighted by Gasteiger charge is 2.29. The first-order chi connectivity index (χ1) is 9.46. The number of carboxylic acids is 1. The van der Waals surface area contributed by atoms with Gasteiger partial charge >= 0.3 is 5.97 Å². The first-order valence-electron chi connectivity index (χ1n) is 6.09. The molecule has 7 heteroatoms. The molecule has 1 aromatic carbocycles. The Balaban J connectivity index is 3.48. The number of methoxy groups -OCH3 is 2. The maximum atomic E-state index is 11.3. The highest BCUT2D eigenvalue weighted by atomic mass is 16.6. The van der Waals surface area contributed by atoms with E-state index in [1.807, 2.05) is 6.92 Å². The van der Waals surface area contributed by atoms with Crippen molar-refractivity contribution in [2.75, 3.05) is 14.2 Å². The van der Waals surface area contributed by atoms with E-state index in [0.29, 0.717) is 12.8 Å². The third-order valence-electron chi connectivity index (χ3n) is 2.98. The van der Waals surface area contributed by atoms with Gasteiger partial charge in [-0.25, -0.2) is 0 Å². The van der Waals surface area contributed by atoms with E-state index in [2.05, 4.69) is 0 Å². The average molecular weight is 283 g/mol. The Morgan fingerprint density at radius 2 is 1.90 bits per heavy atom. The highest BCUT2D eigenvalue weighted by molar-refractivity contribution is 5.78. The van der Waals surface area contributed by atoms with Crippen LogP contribution in [0.5, 0.6) is 11.5 Å². The van der Waals surface area contributed by atoms with Crippen LogP contribution in [0, 0.1) is 10.1 Å². The molecule has 0 amide bonds. The number of carboxylic acid groups (broad SMARTS) is 1. The summed E-state index contributed by atoms with van der Waals surface area (Å²) in [6, 6.07) is 2.56. The maximum Gasteiger partial charge on any atom is 0.311 e. The molecular weight excluding hydrogens is 266 g/mol. The van der Waals surface area contributed by atoms with Gasteiger partial charge in [-0.05, 0) is 12.5 Å². The Labute approximate surface area is 116 Å². The Hall–Kier alpha value is -2.31. The first-order valence-corrected chi connectivity index (χ1v) is 6.09. The molecule has 0 aliphatic rings. The van der Waals surface area contributed by atoms with Crippen molar-refractivity contribution in [2.45, 2.75) is 25.7 Å². The summed E-state index contributed by atoms with van der Waals surface area (Å²) in [6.07, 6.45) is 0.911. The zero-order valence-electron chi connectivity index (χ0n) is 11.6. The van der Waals surface area contributed by atoms with Crippen molar-refractivity contribution in [3.63, 3.8) is 0 Å². The molecule has 110 valence electrons. The van der Waals surface area contributed by atoms with Crippen LogP contribution in [0.25, 0.3) is 0 Å². The molecule has 20 heavy (non-hydrogen) atoms. The summed E-state index contributed by atoms with van der Waals surface area (Å²) in [6.45, 7) is 1.82. The van der Waals surface area contributed by atoms with Gasteiger partial charge in [0.15, 0.2) is 11.5 Å². The second-order valence-electron chi connectivity index (χ2n) is 4.20. The summed E-state index contributed by atoms with van der Waals surface area (Å²) in [5, 5.41) is 20.4. The predicted octanol–water partition coefficient (Wildman–Crippen LogP) is 2.58. The van der Waals surface area contributed by atoms with Gasteiger partial charge in [0.2, 0.25) is 0 Å². The molecule has 1 N–H and O–H groups in total. The van der Waals surface area contributed by atoms with Crippen molar-refractivity contribution in [3.8, 4) is 11.5 Å².